The van der Waals surface area contributed by atoms with Gasteiger partial charge in [0.2, 0.25) is 0 Å². The predicted octanol–water partition coefficient (Wildman–Crippen LogP) is 3.37. The maximum atomic E-state index is 11.3. The van der Waals surface area contributed by atoms with E-state index in [0.29, 0.717) is 22.6 Å². The van der Waals surface area contributed by atoms with Crippen molar-refractivity contribution in [3.05, 3.63) is 51.8 Å². The van der Waals surface area contributed by atoms with Gasteiger partial charge in [-0.3, -0.25) is 14.9 Å². The Hall–Kier alpha value is -2.43. The van der Waals surface area contributed by atoms with Crippen molar-refractivity contribution >= 4 is 11.5 Å². The number of nitro groups is 1. The number of nitrogens with zero attached hydrogens (tertiary/aromatic N) is 1. The quantitative estimate of drug-likeness (QED) is 0.472. The van der Waals surface area contributed by atoms with Gasteiger partial charge >= 0.3 is 0 Å². The summed E-state index contributed by atoms with van der Waals surface area (Å²) in [6.07, 6.45) is 0. The van der Waals surface area contributed by atoms with Gasteiger partial charge in [-0.15, -0.1) is 0 Å². The van der Waals surface area contributed by atoms with Crippen molar-refractivity contribution in [3.8, 4) is 11.3 Å². The van der Waals surface area contributed by atoms with E-state index in [9.17, 15) is 14.9 Å². The summed E-state index contributed by atoms with van der Waals surface area (Å²) >= 11 is 0. The third-order valence-electron chi connectivity index (χ3n) is 2.66. The highest BCUT2D eigenvalue weighted by Crippen LogP contribution is 2.27. The Morgan fingerprint density at radius 3 is 2.33 bits per heavy atom. The summed E-state index contributed by atoms with van der Waals surface area (Å²) in [5, 5.41) is 10.5. The molecular weight excluding hydrogens is 234 g/mol. The third-order valence-corrected chi connectivity index (χ3v) is 2.66. The van der Waals surface area contributed by atoms with E-state index < -0.39 is 4.92 Å². The molecule has 1 heterocycles. The van der Waals surface area contributed by atoms with Crippen LogP contribution in [0.2, 0.25) is 0 Å². The molecule has 0 saturated carbocycles. The molecule has 2 aromatic rings. The number of carbonyl (C=O) groups is 1. The van der Waals surface area contributed by atoms with Gasteiger partial charge < -0.3 is 4.42 Å². The van der Waals surface area contributed by atoms with E-state index in [4.69, 9.17) is 4.42 Å². The predicted molar refractivity (Wildman–Crippen MR) is 65.5 cm³/mol. The van der Waals surface area contributed by atoms with Crippen molar-refractivity contribution in [1.82, 2.24) is 0 Å². The average Bonchev–Trinajstić information content (AvgIpc) is 2.71. The molecule has 0 N–H and O–H groups in total. The smallest absolute Gasteiger partial charge is 0.269 e. The first kappa shape index (κ1) is 12.0. The molecule has 5 nitrogen and oxygen atoms in total. The molecule has 0 amide bonds. The van der Waals surface area contributed by atoms with Crippen LogP contribution in [0.3, 0.4) is 0 Å². The zero-order valence-corrected chi connectivity index (χ0v) is 9.97. The van der Waals surface area contributed by atoms with E-state index in [1.165, 1.54) is 19.1 Å². The highest BCUT2D eigenvalue weighted by molar-refractivity contribution is 5.96. The maximum Gasteiger partial charge on any atom is 0.269 e. The minimum atomic E-state index is -0.460. The summed E-state index contributed by atoms with van der Waals surface area (Å²) in [5.41, 5.74) is 1.26. The Kier molecular flexibility index (Phi) is 2.97. The maximum absolute atomic E-state index is 11.3. The van der Waals surface area contributed by atoms with Gasteiger partial charge in [0, 0.05) is 17.7 Å². The van der Waals surface area contributed by atoms with Gasteiger partial charge in [0.25, 0.3) is 5.69 Å². The first-order chi connectivity index (χ1) is 8.49. The Morgan fingerprint density at radius 2 is 1.89 bits per heavy atom. The summed E-state index contributed by atoms with van der Waals surface area (Å²) in [6, 6.07) is 7.65. The van der Waals surface area contributed by atoms with Gasteiger partial charge in [-0.25, -0.2) is 0 Å². The van der Waals surface area contributed by atoms with E-state index in [0.717, 1.165) is 0 Å². The normalized spacial score (nSPS) is 10.3. The Morgan fingerprint density at radius 1 is 1.28 bits per heavy atom. The summed E-state index contributed by atoms with van der Waals surface area (Å²) in [6.45, 7) is 3.18. The highest BCUT2D eigenvalue weighted by atomic mass is 16.6. The Bertz CT molecular complexity index is 610. The van der Waals surface area contributed by atoms with Crippen LogP contribution in [0.15, 0.2) is 34.7 Å². The Balaban J connectivity index is 2.40. The molecule has 1 aromatic heterocycles. The lowest BCUT2D eigenvalue weighted by atomic mass is 10.1. The van der Waals surface area contributed by atoms with Crippen LogP contribution in [0.25, 0.3) is 11.3 Å². The molecule has 0 spiro atoms. The topological polar surface area (TPSA) is 73.3 Å². The third kappa shape index (κ3) is 2.15. The van der Waals surface area contributed by atoms with Crippen LogP contribution in [0.5, 0.6) is 0 Å². The number of furan rings is 1. The van der Waals surface area contributed by atoms with Crippen molar-refractivity contribution in [3.63, 3.8) is 0 Å². The van der Waals surface area contributed by atoms with E-state index >= 15 is 0 Å². The molecular formula is C13H11NO4. The molecule has 0 aliphatic rings. The van der Waals surface area contributed by atoms with Crippen molar-refractivity contribution in [2.75, 3.05) is 0 Å². The molecule has 92 valence electrons. The summed E-state index contributed by atoms with van der Waals surface area (Å²) in [5.74, 6) is 1.02. The molecule has 0 saturated heterocycles. The van der Waals surface area contributed by atoms with Crippen LogP contribution >= 0.6 is 0 Å². The van der Waals surface area contributed by atoms with Crippen LogP contribution in [-0.2, 0) is 0 Å². The van der Waals surface area contributed by atoms with Gasteiger partial charge in [0.1, 0.15) is 11.5 Å². The molecule has 0 fully saturated rings. The number of aryl methyl sites for hydroxylation is 1. The number of non-ortho nitro benzene ring substituents is 1. The van der Waals surface area contributed by atoms with Crippen LogP contribution in [0.4, 0.5) is 5.69 Å². The number of rotatable bonds is 3. The molecule has 0 bridgehead atoms. The molecule has 0 aliphatic heterocycles. The standard InChI is InChI=1S/C13H11NO4/c1-8(15)12-7-13(18-9(12)2)10-3-5-11(6-4-10)14(16)17/h3-7H,1-2H3. The molecule has 0 aliphatic carbocycles. The van der Waals surface area contributed by atoms with Gasteiger partial charge in [-0.1, -0.05) is 0 Å². The first-order valence-electron chi connectivity index (χ1n) is 5.35. The number of ketones is 1. The fraction of sp³-hybridized carbons (Fsp3) is 0.154. The minimum Gasteiger partial charge on any atom is -0.461 e. The zero-order chi connectivity index (χ0) is 13.3. The zero-order valence-electron chi connectivity index (χ0n) is 9.97. The van der Waals surface area contributed by atoms with E-state index in [1.807, 2.05) is 0 Å². The Labute approximate surface area is 103 Å². The highest BCUT2D eigenvalue weighted by Gasteiger charge is 2.13. The molecule has 0 unspecified atom stereocenters. The van der Waals surface area contributed by atoms with Crippen molar-refractivity contribution in [2.24, 2.45) is 0 Å². The lowest BCUT2D eigenvalue weighted by Gasteiger charge is -1.95. The number of Topliss-reactive ketones (excluding diaryl/α,β-unsaturated/α-hetero) is 1. The number of nitro benzene ring substituents is 1. The molecule has 18 heavy (non-hydrogen) atoms. The van der Waals surface area contributed by atoms with Gasteiger partial charge in [0.15, 0.2) is 5.78 Å². The average molecular weight is 245 g/mol. The lowest BCUT2D eigenvalue weighted by Crippen LogP contribution is -1.90. The second-order valence-electron chi connectivity index (χ2n) is 3.94. The van der Waals surface area contributed by atoms with Crippen LogP contribution < -0.4 is 0 Å². The van der Waals surface area contributed by atoms with Crippen molar-refractivity contribution < 1.29 is 14.1 Å². The SMILES string of the molecule is CC(=O)c1cc(-c2ccc([N+](=O)[O-])cc2)oc1C. The lowest BCUT2D eigenvalue weighted by molar-refractivity contribution is -0.384. The summed E-state index contributed by atoms with van der Waals surface area (Å²) < 4.78 is 5.47. The number of hydrogen-bond acceptors (Lipinski definition) is 4. The van der Waals surface area contributed by atoms with Crippen molar-refractivity contribution in [2.45, 2.75) is 13.8 Å². The molecule has 0 radical (unpaired) electrons. The van der Waals surface area contributed by atoms with Crippen LogP contribution in [0, 0.1) is 17.0 Å². The number of carbonyl (C=O) groups excluding carboxylic acids is 1. The monoisotopic (exact) mass is 245 g/mol. The second kappa shape index (κ2) is 4.44. The molecule has 5 heteroatoms. The molecule has 2 rings (SSSR count). The molecule has 1 aromatic carbocycles. The van der Waals surface area contributed by atoms with Gasteiger partial charge in [-0.2, -0.15) is 0 Å². The summed E-state index contributed by atoms with van der Waals surface area (Å²) in [7, 11) is 0. The minimum absolute atomic E-state index is 0.0221. The van der Waals surface area contributed by atoms with Crippen LogP contribution in [0.1, 0.15) is 23.0 Å². The number of benzene rings is 1. The fourth-order valence-corrected chi connectivity index (χ4v) is 1.72. The van der Waals surface area contributed by atoms with E-state index in [-0.39, 0.29) is 11.5 Å². The van der Waals surface area contributed by atoms with E-state index in [1.54, 1.807) is 25.1 Å². The summed E-state index contributed by atoms with van der Waals surface area (Å²) in [4.78, 5) is 21.4. The second-order valence-corrected chi connectivity index (χ2v) is 3.94. The largest absolute Gasteiger partial charge is 0.461 e. The van der Waals surface area contributed by atoms with Crippen molar-refractivity contribution in [1.29, 1.82) is 0 Å². The van der Waals surface area contributed by atoms with E-state index in [2.05, 4.69) is 0 Å². The van der Waals surface area contributed by atoms with Gasteiger partial charge in [-0.05, 0) is 32.0 Å². The van der Waals surface area contributed by atoms with Gasteiger partial charge in [0.05, 0.1) is 10.5 Å². The van der Waals surface area contributed by atoms with Crippen LogP contribution in [-0.4, -0.2) is 10.7 Å². The molecule has 0 atom stereocenters. The fourth-order valence-electron chi connectivity index (χ4n) is 1.72. The first-order valence-corrected chi connectivity index (χ1v) is 5.35. The number of hydrogen-bond donors (Lipinski definition) is 0.